The van der Waals surface area contributed by atoms with Gasteiger partial charge in [0, 0.05) is 12.2 Å². The van der Waals surface area contributed by atoms with Crippen LogP contribution in [0.4, 0.5) is 5.69 Å². The van der Waals surface area contributed by atoms with Crippen molar-refractivity contribution in [1.29, 1.82) is 0 Å². The van der Waals surface area contributed by atoms with Gasteiger partial charge in [-0.25, -0.2) is 0 Å². The lowest BCUT2D eigenvalue weighted by molar-refractivity contribution is -0.115. The molecule has 0 spiro atoms. The topological polar surface area (TPSA) is 59.8 Å². The highest BCUT2D eigenvalue weighted by Gasteiger charge is 2.21. The minimum atomic E-state index is -0.260. The molecule has 2 aromatic heterocycles. The first-order valence-corrected chi connectivity index (χ1v) is 11.0. The molecule has 2 heterocycles. The number of nitrogens with zero attached hydrogens (tertiary/aromatic N) is 3. The van der Waals surface area contributed by atoms with Crippen molar-refractivity contribution in [2.75, 3.05) is 5.32 Å². The van der Waals surface area contributed by atoms with E-state index in [1.165, 1.54) is 29.3 Å². The second-order valence-corrected chi connectivity index (χ2v) is 8.87. The molecular formula is C20H22N4OS2. The van der Waals surface area contributed by atoms with Gasteiger partial charge in [0.15, 0.2) is 11.0 Å². The number of benzene rings is 1. The molecule has 1 atom stereocenters. The molecule has 0 bridgehead atoms. The van der Waals surface area contributed by atoms with E-state index in [0.29, 0.717) is 0 Å². The van der Waals surface area contributed by atoms with E-state index in [2.05, 4.69) is 39.1 Å². The molecular weight excluding hydrogens is 376 g/mol. The zero-order valence-electron chi connectivity index (χ0n) is 15.4. The van der Waals surface area contributed by atoms with Crippen molar-refractivity contribution in [2.24, 2.45) is 0 Å². The lowest BCUT2D eigenvalue weighted by atomic mass is 10.1. The summed E-state index contributed by atoms with van der Waals surface area (Å²) in [7, 11) is 0. The van der Waals surface area contributed by atoms with Crippen molar-refractivity contribution >= 4 is 34.7 Å². The zero-order chi connectivity index (χ0) is 18.8. The smallest absolute Gasteiger partial charge is 0.237 e. The monoisotopic (exact) mass is 398 g/mol. The number of hydrogen-bond donors (Lipinski definition) is 1. The highest BCUT2D eigenvalue weighted by Crippen LogP contribution is 2.30. The lowest BCUT2D eigenvalue weighted by Crippen LogP contribution is -2.23. The van der Waals surface area contributed by atoms with Gasteiger partial charge in [-0.2, -0.15) is 0 Å². The van der Waals surface area contributed by atoms with Gasteiger partial charge in [-0.1, -0.05) is 23.9 Å². The molecule has 1 aromatic carbocycles. The number of carbonyl (C=O) groups excluding carboxylic acids is 1. The molecule has 0 fully saturated rings. The fourth-order valence-corrected chi connectivity index (χ4v) is 4.98. The van der Waals surface area contributed by atoms with Crippen LogP contribution < -0.4 is 5.32 Å². The van der Waals surface area contributed by atoms with E-state index in [1.807, 2.05) is 30.5 Å². The highest BCUT2D eigenvalue weighted by molar-refractivity contribution is 8.00. The molecule has 1 aliphatic rings. The molecule has 0 aliphatic heterocycles. The van der Waals surface area contributed by atoms with Gasteiger partial charge in [0.05, 0.1) is 10.1 Å². The minimum Gasteiger partial charge on any atom is -0.325 e. The van der Waals surface area contributed by atoms with Gasteiger partial charge >= 0.3 is 0 Å². The van der Waals surface area contributed by atoms with E-state index in [0.717, 1.165) is 40.9 Å². The Hall–Kier alpha value is -2.12. The molecule has 0 saturated heterocycles. The van der Waals surface area contributed by atoms with Crippen molar-refractivity contribution in [1.82, 2.24) is 14.8 Å². The van der Waals surface area contributed by atoms with Crippen LogP contribution in [0.3, 0.4) is 0 Å². The number of hydrogen-bond acceptors (Lipinski definition) is 5. The fourth-order valence-electron chi connectivity index (χ4n) is 3.35. The maximum absolute atomic E-state index is 12.7. The first kappa shape index (κ1) is 18.3. The molecule has 4 rings (SSSR count). The number of fused-ring (bicyclic) bond motifs is 1. The van der Waals surface area contributed by atoms with Crippen LogP contribution in [-0.2, 0) is 24.2 Å². The zero-order valence-corrected chi connectivity index (χ0v) is 17.1. The van der Waals surface area contributed by atoms with Gasteiger partial charge in [-0.05, 0) is 67.8 Å². The Balaban J connectivity index is 1.46. The Bertz CT molecular complexity index is 949. The molecule has 0 saturated carbocycles. The maximum Gasteiger partial charge on any atom is 0.237 e. The van der Waals surface area contributed by atoms with Crippen molar-refractivity contribution in [3.8, 4) is 10.7 Å². The molecule has 5 nitrogen and oxygen atoms in total. The van der Waals surface area contributed by atoms with Gasteiger partial charge in [0.2, 0.25) is 5.91 Å². The molecule has 0 radical (unpaired) electrons. The molecule has 1 N–H and O–H groups in total. The predicted octanol–water partition coefficient (Wildman–Crippen LogP) is 4.63. The third-order valence-electron chi connectivity index (χ3n) is 4.79. The largest absolute Gasteiger partial charge is 0.325 e. The van der Waals surface area contributed by atoms with Crippen LogP contribution >= 0.6 is 23.1 Å². The molecule has 1 aliphatic carbocycles. The van der Waals surface area contributed by atoms with Crippen LogP contribution in [0.15, 0.2) is 40.9 Å². The average molecular weight is 399 g/mol. The highest BCUT2D eigenvalue weighted by atomic mass is 32.2. The normalized spacial score (nSPS) is 14.1. The number of nitrogens with one attached hydrogen (secondary N) is 1. The van der Waals surface area contributed by atoms with Gasteiger partial charge in [0.25, 0.3) is 0 Å². The molecule has 27 heavy (non-hydrogen) atoms. The Kier molecular flexibility index (Phi) is 5.31. The maximum atomic E-state index is 12.7. The average Bonchev–Trinajstić information content (AvgIpc) is 3.41. The Morgan fingerprint density at radius 3 is 2.93 bits per heavy atom. The van der Waals surface area contributed by atoms with Crippen LogP contribution in [0.5, 0.6) is 0 Å². The standard InChI is InChI=1S/C20H22N4OS2/c1-3-24-18(17-8-5-11-26-17)22-23-20(24)27-13(2)19(25)21-16-10-9-14-6-4-7-15(14)12-16/h5,8-13H,3-4,6-7H2,1-2H3,(H,21,25). The van der Waals surface area contributed by atoms with Crippen molar-refractivity contribution in [2.45, 2.75) is 50.1 Å². The van der Waals surface area contributed by atoms with Crippen LogP contribution in [0.2, 0.25) is 0 Å². The minimum absolute atomic E-state index is 0.0127. The second kappa shape index (κ2) is 7.86. The second-order valence-electron chi connectivity index (χ2n) is 6.61. The summed E-state index contributed by atoms with van der Waals surface area (Å²) in [5.41, 5.74) is 3.65. The third kappa shape index (κ3) is 3.80. The number of amides is 1. The first-order chi connectivity index (χ1) is 13.2. The summed E-state index contributed by atoms with van der Waals surface area (Å²) in [6, 6.07) is 10.3. The van der Waals surface area contributed by atoms with Crippen LogP contribution in [0, 0.1) is 0 Å². The van der Waals surface area contributed by atoms with E-state index in [-0.39, 0.29) is 11.2 Å². The number of thioether (sulfide) groups is 1. The number of aryl methyl sites for hydroxylation is 2. The Morgan fingerprint density at radius 1 is 1.30 bits per heavy atom. The van der Waals surface area contributed by atoms with Crippen LogP contribution in [0.1, 0.15) is 31.4 Å². The summed E-state index contributed by atoms with van der Waals surface area (Å²) in [6.45, 7) is 4.74. The predicted molar refractivity (Wildman–Crippen MR) is 111 cm³/mol. The van der Waals surface area contributed by atoms with Crippen molar-refractivity contribution < 1.29 is 4.79 Å². The molecule has 7 heteroatoms. The first-order valence-electron chi connectivity index (χ1n) is 9.22. The van der Waals surface area contributed by atoms with Crippen molar-refractivity contribution in [3.63, 3.8) is 0 Å². The van der Waals surface area contributed by atoms with Gasteiger partial charge in [-0.3, -0.25) is 4.79 Å². The SMILES string of the molecule is CCn1c(SC(C)C(=O)Nc2ccc3c(c2)CCC3)nnc1-c1cccs1. The molecule has 1 amide bonds. The van der Waals surface area contributed by atoms with Gasteiger partial charge < -0.3 is 9.88 Å². The third-order valence-corrected chi connectivity index (χ3v) is 6.74. The van der Waals surface area contributed by atoms with Crippen molar-refractivity contribution in [3.05, 3.63) is 46.8 Å². The fraction of sp³-hybridized carbons (Fsp3) is 0.350. The van der Waals surface area contributed by atoms with Gasteiger partial charge in [-0.15, -0.1) is 21.5 Å². The molecule has 140 valence electrons. The van der Waals surface area contributed by atoms with Gasteiger partial charge in [0.1, 0.15) is 0 Å². The van der Waals surface area contributed by atoms with Crippen LogP contribution in [0.25, 0.3) is 10.7 Å². The molecule has 3 aromatic rings. The number of anilines is 1. The summed E-state index contributed by atoms with van der Waals surface area (Å²) in [6.07, 6.45) is 3.46. The summed E-state index contributed by atoms with van der Waals surface area (Å²) < 4.78 is 2.07. The number of aromatic nitrogens is 3. The van der Waals surface area contributed by atoms with E-state index < -0.39 is 0 Å². The summed E-state index contributed by atoms with van der Waals surface area (Å²) >= 11 is 3.09. The lowest BCUT2D eigenvalue weighted by Gasteiger charge is -2.13. The van der Waals surface area contributed by atoms with E-state index in [4.69, 9.17) is 0 Å². The summed E-state index contributed by atoms with van der Waals surface area (Å²) in [4.78, 5) is 13.8. The Morgan fingerprint density at radius 2 is 2.15 bits per heavy atom. The van der Waals surface area contributed by atoms with E-state index in [1.54, 1.807) is 11.3 Å². The Labute approximate surface area is 167 Å². The summed E-state index contributed by atoms with van der Waals surface area (Å²) in [5.74, 6) is 0.850. The number of thiophene rings is 1. The number of rotatable bonds is 6. The molecule has 1 unspecified atom stereocenters. The summed E-state index contributed by atoms with van der Waals surface area (Å²) in [5, 5.41) is 14.3. The number of carbonyl (C=O) groups is 1. The van der Waals surface area contributed by atoms with E-state index >= 15 is 0 Å². The quantitative estimate of drug-likeness (QED) is 0.615. The van der Waals surface area contributed by atoms with Crippen LogP contribution in [-0.4, -0.2) is 25.9 Å². The van der Waals surface area contributed by atoms with E-state index in [9.17, 15) is 4.79 Å².